The van der Waals surface area contributed by atoms with Crippen molar-refractivity contribution in [3.63, 3.8) is 0 Å². The molecule has 1 aromatic carbocycles. The van der Waals surface area contributed by atoms with Crippen LogP contribution in [0.3, 0.4) is 0 Å². The van der Waals surface area contributed by atoms with E-state index in [-0.39, 0.29) is 5.76 Å². The zero-order chi connectivity index (χ0) is 10.7. The zero-order valence-electron chi connectivity index (χ0n) is 8.43. The van der Waals surface area contributed by atoms with Gasteiger partial charge >= 0.3 is 0 Å². The summed E-state index contributed by atoms with van der Waals surface area (Å²) in [6, 6.07) is 9.68. The molecule has 0 unspecified atom stereocenters. The SMILES string of the molecule is CCc1ccc(-c2cc(C=O)on2)cc1. The molecule has 0 atom stereocenters. The minimum absolute atomic E-state index is 0.254. The molecule has 3 heteroatoms. The highest BCUT2D eigenvalue weighted by Crippen LogP contribution is 2.19. The number of rotatable bonds is 3. The van der Waals surface area contributed by atoms with Crippen LogP contribution in [0.1, 0.15) is 23.0 Å². The van der Waals surface area contributed by atoms with Crippen LogP contribution in [0.25, 0.3) is 11.3 Å². The van der Waals surface area contributed by atoms with E-state index in [2.05, 4.69) is 12.1 Å². The Morgan fingerprint density at radius 3 is 2.60 bits per heavy atom. The van der Waals surface area contributed by atoms with Crippen LogP contribution >= 0.6 is 0 Å². The van der Waals surface area contributed by atoms with Crippen molar-refractivity contribution in [3.05, 3.63) is 41.7 Å². The van der Waals surface area contributed by atoms with Gasteiger partial charge in [0.15, 0.2) is 12.0 Å². The number of carbonyl (C=O) groups excluding carboxylic acids is 1. The second-order valence-corrected chi connectivity index (χ2v) is 3.28. The maximum absolute atomic E-state index is 10.4. The van der Waals surface area contributed by atoms with E-state index in [1.54, 1.807) is 6.07 Å². The van der Waals surface area contributed by atoms with Gasteiger partial charge in [0.1, 0.15) is 5.69 Å². The fourth-order valence-electron chi connectivity index (χ4n) is 1.39. The molecular weight excluding hydrogens is 190 g/mol. The van der Waals surface area contributed by atoms with Crippen LogP contribution in [0.2, 0.25) is 0 Å². The topological polar surface area (TPSA) is 43.1 Å². The van der Waals surface area contributed by atoms with Crippen molar-refractivity contribution in [3.8, 4) is 11.3 Å². The van der Waals surface area contributed by atoms with E-state index < -0.39 is 0 Å². The summed E-state index contributed by atoms with van der Waals surface area (Å²) in [6.07, 6.45) is 1.66. The fraction of sp³-hybridized carbons (Fsp3) is 0.167. The standard InChI is InChI=1S/C12H11NO2/c1-2-9-3-5-10(6-4-9)12-7-11(8-14)15-13-12/h3-8H,2H2,1H3. The van der Waals surface area contributed by atoms with Gasteiger partial charge < -0.3 is 4.52 Å². The maximum atomic E-state index is 10.4. The number of nitrogens with zero attached hydrogens (tertiary/aromatic N) is 1. The van der Waals surface area contributed by atoms with Gasteiger partial charge in [0.2, 0.25) is 0 Å². The third-order valence-corrected chi connectivity index (χ3v) is 2.30. The number of aryl methyl sites for hydroxylation is 1. The normalized spacial score (nSPS) is 10.2. The van der Waals surface area contributed by atoms with Crippen LogP contribution in [0, 0.1) is 0 Å². The number of aldehydes is 1. The predicted octanol–water partition coefficient (Wildman–Crippen LogP) is 2.72. The molecule has 2 rings (SSSR count). The fourth-order valence-corrected chi connectivity index (χ4v) is 1.39. The van der Waals surface area contributed by atoms with E-state index in [0.717, 1.165) is 12.0 Å². The van der Waals surface area contributed by atoms with Gasteiger partial charge in [0.25, 0.3) is 0 Å². The summed E-state index contributed by atoms with van der Waals surface area (Å²) in [6.45, 7) is 2.11. The van der Waals surface area contributed by atoms with Crippen molar-refractivity contribution in [1.29, 1.82) is 0 Å². The van der Waals surface area contributed by atoms with E-state index >= 15 is 0 Å². The van der Waals surface area contributed by atoms with Crippen molar-refractivity contribution in [2.75, 3.05) is 0 Å². The number of hydrogen-bond donors (Lipinski definition) is 0. The van der Waals surface area contributed by atoms with Crippen LogP contribution in [-0.4, -0.2) is 11.4 Å². The van der Waals surface area contributed by atoms with E-state index in [1.165, 1.54) is 5.56 Å². The summed E-state index contributed by atoms with van der Waals surface area (Å²) in [5.74, 6) is 0.254. The number of benzene rings is 1. The highest BCUT2D eigenvalue weighted by molar-refractivity contribution is 5.73. The first-order chi connectivity index (χ1) is 7.33. The third kappa shape index (κ3) is 1.96. The molecule has 0 saturated heterocycles. The first-order valence-corrected chi connectivity index (χ1v) is 4.84. The molecule has 3 nitrogen and oxygen atoms in total. The van der Waals surface area contributed by atoms with E-state index in [1.807, 2.05) is 24.3 Å². The molecule has 0 saturated carbocycles. The summed E-state index contributed by atoms with van der Waals surface area (Å²) in [7, 11) is 0. The molecule has 0 bridgehead atoms. The summed E-state index contributed by atoms with van der Waals surface area (Å²) in [4.78, 5) is 10.4. The molecule has 0 aliphatic heterocycles. The van der Waals surface area contributed by atoms with Crippen molar-refractivity contribution in [2.24, 2.45) is 0 Å². The molecule has 0 aliphatic rings. The highest BCUT2D eigenvalue weighted by atomic mass is 16.5. The lowest BCUT2D eigenvalue weighted by atomic mass is 10.1. The summed E-state index contributed by atoms with van der Waals surface area (Å²) in [5.41, 5.74) is 2.93. The number of carbonyl (C=O) groups is 1. The molecule has 0 aliphatic carbocycles. The van der Waals surface area contributed by atoms with Crippen molar-refractivity contribution in [1.82, 2.24) is 5.16 Å². The zero-order valence-corrected chi connectivity index (χ0v) is 8.43. The second kappa shape index (κ2) is 4.09. The lowest BCUT2D eigenvalue weighted by Gasteiger charge is -1.97. The van der Waals surface area contributed by atoms with Gasteiger partial charge in [-0.25, -0.2) is 0 Å². The molecule has 0 spiro atoms. The molecule has 1 heterocycles. The molecule has 15 heavy (non-hydrogen) atoms. The lowest BCUT2D eigenvalue weighted by Crippen LogP contribution is -1.80. The molecule has 0 N–H and O–H groups in total. The van der Waals surface area contributed by atoms with Crippen molar-refractivity contribution in [2.45, 2.75) is 13.3 Å². The first kappa shape index (κ1) is 9.65. The third-order valence-electron chi connectivity index (χ3n) is 2.30. The van der Waals surface area contributed by atoms with Gasteiger partial charge in [0.05, 0.1) is 0 Å². The molecule has 0 radical (unpaired) electrons. The Labute approximate surface area is 87.7 Å². The molecular formula is C12H11NO2. The Balaban J connectivity index is 2.32. The monoisotopic (exact) mass is 201 g/mol. The van der Waals surface area contributed by atoms with Crippen LogP contribution in [0.15, 0.2) is 34.9 Å². The Kier molecular flexibility index (Phi) is 2.63. The van der Waals surface area contributed by atoms with Crippen LogP contribution in [0.5, 0.6) is 0 Å². The van der Waals surface area contributed by atoms with Crippen molar-refractivity contribution >= 4 is 6.29 Å². The molecule has 2 aromatic rings. The molecule has 0 amide bonds. The minimum Gasteiger partial charge on any atom is -0.353 e. The highest BCUT2D eigenvalue weighted by Gasteiger charge is 2.04. The average molecular weight is 201 g/mol. The predicted molar refractivity (Wildman–Crippen MR) is 56.7 cm³/mol. The quantitative estimate of drug-likeness (QED) is 0.717. The van der Waals surface area contributed by atoms with Crippen molar-refractivity contribution < 1.29 is 9.32 Å². The summed E-state index contributed by atoms with van der Waals surface area (Å²) in [5, 5.41) is 3.81. The van der Waals surface area contributed by atoms with E-state index in [0.29, 0.717) is 12.0 Å². The van der Waals surface area contributed by atoms with Gasteiger partial charge in [-0.2, -0.15) is 0 Å². The molecule has 76 valence electrons. The molecule has 0 fully saturated rings. The Hall–Kier alpha value is -1.90. The van der Waals surface area contributed by atoms with Gasteiger partial charge in [0, 0.05) is 11.6 Å². The largest absolute Gasteiger partial charge is 0.353 e. The first-order valence-electron chi connectivity index (χ1n) is 4.84. The van der Waals surface area contributed by atoms with Crippen LogP contribution < -0.4 is 0 Å². The molecule has 1 aromatic heterocycles. The maximum Gasteiger partial charge on any atom is 0.199 e. The Morgan fingerprint density at radius 1 is 1.33 bits per heavy atom. The smallest absolute Gasteiger partial charge is 0.199 e. The Morgan fingerprint density at radius 2 is 2.07 bits per heavy atom. The summed E-state index contributed by atoms with van der Waals surface area (Å²) < 4.78 is 4.81. The second-order valence-electron chi connectivity index (χ2n) is 3.28. The van der Waals surface area contributed by atoms with Gasteiger partial charge in [-0.1, -0.05) is 36.3 Å². The van der Waals surface area contributed by atoms with E-state index in [4.69, 9.17) is 4.52 Å². The van der Waals surface area contributed by atoms with Gasteiger partial charge in [-0.3, -0.25) is 4.79 Å². The van der Waals surface area contributed by atoms with Gasteiger partial charge in [-0.15, -0.1) is 0 Å². The van der Waals surface area contributed by atoms with Crippen LogP contribution in [0.4, 0.5) is 0 Å². The minimum atomic E-state index is 0.254. The summed E-state index contributed by atoms with van der Waals surface area (Å²) >= 11 is 0. The number of hydrogen-bond acceptors (Lipinski definition) is 3. The van der Waals surface area contributed by atoms with Crippen LogP contribution in [-0.2, 0) is 6.42 Å². The number of aromatic nitrogens is 1. The van der Waals surface area contributed by atoms with Gasteiger partial charge in [-0.05, 0) is 12.0 Å². The van der Waals surface area contributed by atoms with E-state index in [9.17, 15) is 4.79 Å². The Bertz CT molecular complexity index is 457. The lowest BCUT2D eigenvalue weighted by molar-refractivity contribution is 0.109. The average Bonchev–Trinajstić information content (AvgIpc) is 2.78.